The molecule has 2 heteroatoms. The van der Waals surface area contributed by atoms with Crippen LogP contribution in [0.5, 0.6) is 0 Å². The smallest absolute Gasteiger partial charge is 0.0105 e. The van der Waals surface area contributed by atoms with Gasteiger partial charge in [0.15, 0.2) is 0 Å². The molecule has 1 atom stereocenters. The Bertz CT molecular complexity index is 266. The zero-order chi connectivity index (χ0) is 11.6. The molecule has 1 aromatic rings. The first-order valence-electron chi connectivity index (χ1n) is 6.16. The lowest BCUT2D eigenvalue weighted by atomic mass is 10.0. The average molecular weight is 237 g/mol. The first kappa shape index (κ1) is 13.5. The van der Waals surface area contributed by atoms with Crippen LogP contribution in [0.25, 0.3) is 0 Å². The molecule has 0 amide bonds. The molecule has 0 radical (unpaired) electrons. The summed E-state index contributed by atoms with van der Waals surface area (Å²) >= 11 is 1.79. The maximum absolute atomic E-state index is 3.75. The van der Waals surface area contributed by atoms with E-state index in [1.165, 1.54) is 37.7 Å². The highest BCUT2D eigenvalue weighted by Gasteiger charge is 2.06. The minimum Gasteiger partial charge on any atom is -0.317 e. The van der Waals surface area contributed by atoms with Crippen molar-refractivity contribution < 1.29 is 0 Å². The highest BCUT2D eigenvalue weighted by atomic mass is 32.1. The van der Waals surface area contributed by atoms with Gasteiger partial charge in [-0.1, -0.05) is 18.9 Å². The quantitative estimate of drug-likeness (QED) is 0.505. The highest BCUT2D eigenvalue weighted by Crippen LogP contribution is 2.13. The molecule has 1 unspecified atom stereocenters. The number of allylic oxidation sites excluding steroid dienone is 1. The Balaban J connectivity index is 2.14. The average Bonchev–Trinajstić information content (AvgIpc) is 2.80. The number of rotatable bonds is 9. The fraction of sp³-hybridized carbons (Fsp3) is 0.571. The van der Waals surface area contributed by atoms with E-state index in [-0.39, 0.29) is 0 Å². The number of nitrogens with one attached hydrogen (secondary N) is 1. The van der Waals surface area contributed by atoms with Crippen LogP contribution in [0, 0.1) is 0 Å². The van der Waals surface area contributed by atoms with E-state index in [4.69, 9.17) is 0 Å². The van der Waals surface area contributed by atoms with E-state index in [1.54, 1.807) is 11.3 Å². The van der Waals surface area contributed by atoms with E-state index in [0.29, 0.717) is 6.04 Å². The summed E-state index contributed by atoms with van der Waals surface area (Å²) in [5.74, 6) is 0. The first-order valence-corrected chi connectivity index (χ1v) is 7.10. The Kier molecular flexibility index (Phi) is 7.19. The van der Waals surface area contributed by atoms with Gasteiger partial charge in [-0.2, -0.15) is 11.3 Å². The third-order valence-electron chi connectivity index (χ3n) is 2.93. The van der Waals surface area contributed by atoms with Crippen molar-refractivity contribution in [2.45, 2.75) is 44.6 Å². The van der Waals surface area contributed by atoms with Crippen LogP contribution in [0.15, 0.2) is 29.5 Å². The Hall–Kier alpha value is -0.600. The molecule has 1 N–H and O–H groups in total. The van der Waals surface area contributed by atoms with Gasteiger partial charge in [0.1, 0.15) is 0 Å². The van der Waals surface area contributed by atoms with Crippen molar-refractivity contribution in [3.8, 4) is 0 Å². The second-order valence-corrected chi connectivity index (χ2v) is 5.03. The van der Waals surface area contributed by atoms with Crippen LogP contribution in [-0.2, 0) is 6.42 Å². The van der Waals surface area contributed by atoms with E-state index < -0.39 is 0 Å². The van der Waals surface area contributed by atoms with Crippen LogP contribution in [0.2, 0.25) is 0 Å². The van der Waals surface area contributed by atoms with Crippen LogP contribution in [-0.4, -0.2) is 13.1 Å². The molecular formula is C14H23NS. The largest absolute Gasteiger partial charge is 0.317 e. The Morgan fingerprint density at radius 2 is 2.31 bits per heavy atom. The molecule has 0 fully saturated rings. The number of unbranched alkanes of at least 4 members (excludes halogenated alkanes) is 3. The maximum atomic E-state index is 3.75. The van der Waals surface area contributed by atoms with Crippen molar-refractivity contribution >= 4 is 11.3 Å². The van der Waals surface area contributed by atoms with Gasteiger partial charge in [0.25, 0.3) is 0 Å². The molecule has 1 nitrogen and oxygen atoms in total. The number of hydrogen-bond donors (Lipinski definition) is 1. The maximum Gasteiger partial charge on any atom is 0.0105 e. The zero-order valence-corrected chi connectivity index (χ0v) is 11.1. The molecule has 1 rings (SSSR count). The van der Waals surface area contributed by atoms with Gasteiger partial charge < -0.3 is 5.32 Å². The Labute approximate surface area is 104 Å². The van der Waals surface area contributed by atoms with E-state index >= 15 is 0 Å². The molecule has 16 heavy (non-hydrogen) atoms. The van der Waals surface area contributed by atoms with Crippen molar-refractivity contribution in [2.75, 3.05) is 7.05 Å². The van der Waals surface area contributed by atoms with Crippen LogP contribution < -0.4 is 5.32 Å². The molecule has 0 aromatic carbocycles. The summed E-state index contributed by atoms with van der Waals surface area (Å²) in [7, 11) is 2.07. The molecule has 1 heterocycles. The molecule has 0 aliphatic heterocycles. The van der Waals surface area contributed by atoms with E-state index in [0.717, 1.165) is 6.42 Å². The van der Waals surface area contributed by atoms with Gasteiger partial charge in [0.2, 0.25) is 0 Å². The van der Waals surface area contributed by atoms with Gasteiger partial charge in [-0.25, -0.2) is 0 Å². The summed E-state index contributed by atoms with van der Waals surface area (Å²) in [6.07, 6.45) is 9.57. The predicted octanol–water partition coefficient (Wildman–Crippen LogP) is 4.02. The minimum atomic E-state index is 0.637. The number of likely N-dealkylation sites (N-methyl/N-ethyl adjacent to an activating group) is 1. The lowest BCUT2D eigenvalue weighted by molar-refractivity contribution is 0.487. The summed E-state index contributed by atoms with van der Waals surface area (Å²) in [5.41, 5.74) is 1.47. The molecule has 0 bridgehead atoms. The molecule has 0 saturated heterocycles. The van der Waals surface area contributed by atoms with Gasteiger partial charge in [0, 0.05) is 6.04 Å². The van der Waals surface area contributed by atoms with Crippen molar-refractivity contribution in [2.24, 2.45) is 0 Å². The summed E-state index contributed by atoms with van der Waals surface area (Å²) in [5, 5.41) is 7.83. The molecule has 90 valence electrons. The summed E-state index contributed by atoms with van der Waals surface area (Å²) in [4.78, 5) is 0. The third kappa shape index (κ3) is 5.47. The Morgan fingerprint density at radius 1 is 1.44 bits per heavy atom. The van der Waals surface area contributed by atoms with Gasteiger partial charge >= 0.3 is 0 Å². The van der Waals surface area contributed by atoms with Gasteiger partial charge in [-0.15, -0.1) is 6.58 Å². The van der Waals surface area contributed by atoms with Gasteiger partial charge in [-0.05, 0) is 55.1 Å². The van der Waals surface area contributed by atoms with Gasteiger partial charge in [0.05, 0.1) is 0 Å². The predicted molar refractivity (Wildman–Crippen MR) is 74.2 cm³/mol. The van der Waals surface area contributed by atoms with Crippen molar-refractivity contribution in [3.63, 3.8) is 0 Å². The topological polar surface area (TPSA) is 12.0 Å². The van der Waals surface area contributed by atoms with Gasteiger partial charge in [-0.3, -0.25) is 0 Å². The second-order valence-electron chi connectivity index (χ2n) is 4.25. The molecule has 0 spiro atoms. The van der Waals surface area contributed by atoms with Crippen molar-refractivity contribution in [3.05, 3.63) is 35.0 Å². The normalized spacial score (nSPS) is 12.6. The summed E-state index contributed by atoms with van der Waals surface area (Å²) < 4.78 is 0. The van der Waals surface area contributed by atoms with Crippen LogP contribution >= 0.6 is 11.3 Å². The molecular weight excluding hydrogens is 214 g/mol. The fourth-order valence-electron chi connectivity index (χ4n) is 1.90. The van der Waals surface area contributed by atoms with Crippen LogP contribution in [0.4, 0.5) is 0 Å². The van der Waals surface area contributed by atoms with E-state index in [9.17, 15) is 0 Å². The first-order chi connectivity index (χ1) is 7.86. The Morgan fingerprint density at radius 3 is 2.94 bits per heavy atom. The monoisotopic (exact) mass is 237 g/mol. The zero-order valence-electron chi connectivity index (χ0n) is 10.2. The van der Waals surface area contributed by atoms with E-state index in [1.807, 2.05) is 6.08 Å². The minimum absolute atomic E-state index is 0.637. The van der Waals surface area contributed by atoms with Crippen molar-refractivity contribution in [1.82, 2.24) is 5.32 Å². The SMILES string of the molecule is C=CCCCCCC(Cc1ccsc1)NC. The highest BCUT2D eigenvalue weighted by molar-refractivity contribution is 7.07. The summed E-state index contributed by atoms with van der Waals surface area (Å²) in [6, 6.07) is 2.87. The lowest BCUT2D eigenvalue weighted by Crippen LogP contribution is -2.27. The number of hydrogen-bond acceptors (Lipinski definition) is 2. The molecule has 1 aromatic heterocycles. The van der Waals surface area contributed by atoms with Crippen molar-refractivity contribution in [1.29, 1.82) is 0 Å². The third-order valence-corrected chi connectivity index (χ3v) is 3.66. The standard InChI is InChI=1S/C14H23NS/c1-3-4-5-6-7-8-14(15-2)11-13-9-10-16-12-13/h3,9-10,12,14-15H,1,4-8,11H2,2H3. The fourth-order valence-corrected chi connectivity index (χ4v) is 2.58. The lowest BCUT2D eigenvalue weighted by Gasteiger charge is -2.15. The molecule has 0 aliphatic carbocycles. The van der Waals surface area contributed by atoms with Crippen LogP contribution in [0.1, 0.15) is 37.7 Å². The summed E-state index contributed by atoms with van der Waals surface area (Å²) in [6.45, 7) is 3.75. The molecule has 0 saturated carbocycles. The number of thiophene rings is 1. The van der Waals surface area contributed by atoms with E-state index in [2.05, 4.69) is 35.8 Å². The molecule has 0 aliphatic rings. The second kappa shape index (κ2) is 8.54. The van der Waals surface area contributed by atoms with Crippen LogP contribution in [0.3, 0.4) is 0 Å².